The first-order valence-electron chi connectivity index (χ1n) is 5.18. The van der Waals surface area contributed by atoms with E-state index in [1.165, 1.54) is 18.4 Å². The Hall–Kier alpha value is -0.785. The zero-order chi connectivity index (χ0) is 9.52. The van der Waals surface area contributed by atoms with Crippen LogP contribution in [-0.2, 0) is 0 Å². The molecule has 1 rings (SSSR count). The van der Waals surface area contributed by atoms with Crippen LogP contribution in [0.1, 0.15) is 26.7 Å². The SMILES string of the molecule is CCCN(CCC)c1bcccc1. The van der Waals surface area contributed by atoms with Gasteiger partial charge in [-0.15, -0.1) is 0 Å². The van der Waals surface area contributed by atoms with E-state index in [1.54, 1.807) is 0 Å². The van der Waals surface area contributed by atoms with Crippen molar-refractivity contribution in [3.8, 4) is 0 Å². The maximum absolute atomic E-state index is 2.44. The van der Waals surface area contributed by atoms with Gasteiger partial charge in [0.15, 0.2) is 0 Å². The van der Waals surface area contributed by atoms with Gasteiger partial charge in [0.05, 0.1) is 0 Å². The van der Waals surface area contributed by atoms with Gasteiger partial charge in [0.1, 0.15) is 0 Å². The predicted molar refractivity (Wildman–Crippen MR) is 60.6 cm³/mol. The first-order valence-corrected chi connectivity index (χ1v) is 5.18. The van der Waals surface area contributed by atoms with Gasteiger partial charge in [-0.1, -0.05) is 0 Å². The summed E-state index contributed by atoms with van der Waals surface area (Å²) in [7, 11) is 0. The van der Waals surface area contributed by atoms with Crippen molar-refractivity contribution in [3.05, 3.63) is 24.2 Å². The van der Waals surface area contributed by atoms with E-state index in [-0.39, 0.29) is 0 Å². The molecule has 0 fully saturated rings. The average molecular weight is 175 g/mol. The second kappa shape index (κ2) is 5.79. The molecule has 0 aliphatic heterocycles. The van der Waals surface area contributed by atoms with Crippen LogP contribution in [0.4, 0.5) is 5.58 Å². The minimum atomic E-state index is 1.16. The molecule has 0 aromatic carbocycles. The number of nitrogens with zero attached hydrogens (tertiary/aromatic N) is 1. The van der Waals surface area contributed by atoms with E-state index in [2.05, 4.69) is 49.8 Å². The van der Waals surface area contributed by atoms with Crippen molar-refractivity contribution in [2.45, 2.75) is 26.7 Å². The second-order valence-electron chi connectivity index (χ2n) is 3.32. The van der Waals surface area contributed by atoms with Crippen molar-refractivity contribution < 1.29 is 0 Å². The Morgan fingerprint density at radius 1 is 1.15 bits per heavy atom. The van der Waals surface area contributed by atoms with Gasteiger partial charge in [0.25, 0.3) is 0 Å². The topological polar surface area (TPSA) is 3.24 Å². The molecule has 1 aromatic rings. The average Bonchev–Trinajstić information content (AvgIpc) is 2.19. The van der Waals surface area contributed by atoms with Gasteiger partial charge in [-0.2, -0.15) is 0 Å². The van der Waals surface area contributed by atoms with Crippen LogP contribution in [0.3, 0.4) is 0 Å². The molecular formula is C11H18BN. The van der Waals surface area contributed by atoms with Gasteiger partial charge in [-0.05, 0) is 0 Å². The first-order chi connectivity index (χ1) is 6.38. The van der Waals surface area contributed by atoms with E-state index in [4.69, 9.17) is 0 Å². The zero-order valence-electron chi connectivity index (χ0n) is 8.66. The Balaban J connectivity index is 2.64. The number of hydrogen-bond acceptors (Lipinski definition) is 1. The zero-order valence-corrected chi connectivity index (χ0v) is 8.66. The number of hydrogen-bond donors (Lipinski definition) is 0. The Kier molecular flexibility index (Phi) is 4.59. The molecule has 0 spiro atoms. The standard InChI is InChI=1S/C11H18BN/c1-3-9-13(10-4-2)11-7-5-6-8-12-11/h5-8H,3-4,9-10H2,1-2H3. The quantitative estimate of drug-likeness (QED) is 0.664. The molecular weight excluding hydrogens is 157 g/mol. The van der Waals surface area contributed by atoms with Crippen molar-refractivity contribution in [2.24, 2.45) is 0 Å². The fourth-order valence-corrected chi connectivity index (χ4v) is 1.55. The fourth-order valence-electron chi connectivity index (χ4n) is 1.55. The molecule has 0 aliphatic carbocycles. The summed E-state index contributed by atoms with van der Waals surface area (Å²) in [4.78, 5) is 2.44. The van der Waals surface area contributed by atoms with E-state index in [0.29, 0.717) is 0 Å². The van der Waals surface area contributed by atoms with E-state index in [9.17, 15) is 0 Å². The summed E-state index contributed by atoms with van der Waals surface area (Å²) in [6.07, 6.45) is 2.43. The van der Waals surface area contributed by atoms with Crippen LogP contribution in [0.15, 0.2) is 24.2 Å². The summed E-state index contributed by atoms with van der Waals surface area (Å²) < 4.78 is 0. The number of anilines is 1. The van der Waals surface area contributed by atoms with Crippen LogP contribution in [0, 0.1) is 0 Å². The monoisotopic (exact) mass is 175 g/mol. The Bertz CT molecular complexity index is 217. The summed E-state index contributed by atoms with van der Waals surface area (Å²) >= 11 is 0. The molecule has 1 nitrogen and oxygen atoms in total. The fraction of sp³-hybridized carbons (Fsp3) is 0.545. The summed E-state index contributed by atoms with van der Waals surface area (Å²) in [6.45, 7) is 8.97. The van der Waals surface area contributed by atoms with Crippen molar-refractivity contribution in [2.75, 3.05) is 18.0 Å². The molecule has 0 saturated carbocycles. The molecule has 0 aliphatic rings. The molecule has 0 N–H and O–H groups in total. The van der Waals surface area contributed by atoms with Gasteiger partial charge in [0.2, 0.25) is 0 Å². The molecule has 2 heteroatoms. The third-order valence-corrected chi connectivity index (χ3v) is 2.11. The molecule has 0 radical (unpaired) electrons. The minimum absolute atomic E-state index is 1.16. The van der Waals surface area contributed by atoms with Gasteiger partial charge < -0.3 is 0 Å². The van der Waals surface area contributed by atoms with Gasteiger partial charge in [-0.3, -0.25) is 0 Å². The van der Waals surface area contributed by atoms with Crippen LogP contribution in [-0.4, -0.2) is 20.0 Å². The number of rotatable bonds is 5. The predicted octanol–water partition coefficient (Wildman–Crippen LogP) is 2.65. The van der Waals surface area contributed by atoms with Gasteiger partial charge in [-0.25, -0.2) is 0 Å². The molecule has 0 amide bonds. The molecule has 1 aromatic heterocycles. The molecule has 0 saturated heterocycles. The van der Waals surface area contributed by atoms with Crippen molar-refractivity contribution in [1.29, 1.82) is 0 Å². The molecule has 0 atom stereocenters. The van der Waals surface area contributed by atoms with Crippen molar-refractivity contribution >= 4 is 12.5 Å². The van der Waals surface area contributed by atoms with Crippen LogP contribution in [0.2, 0.25) is 0 Å². The Morgan fingerprint density at radius 3 is 2.31 bits per heavy atom. The molecule has 0 unspecified atom stereocenters. The van der Waals surface area contributed by atoms with E-state index in [1.807, 2.05) is 0 Å². The maximum atomic E-state index is 2.44. The third kappa shape index (κ3) is 3.21. The normalized spacial score (nSPS) is 9.69. The summed E-state index contributed by atoms with van der Waals surface area (Å²) in [5.41, 5.74) is 1.35. The molecule has 70 valence electrons. The van der Waals surface area contributed by atoms with E-state index < -0.39 is 0 Å². The Morgan fingerprint density at radius 2 is 1.85 bits per heavy atom. The third-order valence-electron chi connectivity index (χ3n) is 2.11. The van der Waals surface area contributed by atoms with Gasteiger partial charge in [0, 0.05) is 0 Å². The summed E-state index contributed by atoms with van der Waals surface area (Å²) in [6, 6.07) is 6.36. The van der Waals surface area contributed by atoms with Gasteiger partial charge >= 0.3 is 81.3 Å². The molecule has 1 heterocycles. The Labute approximate surface area is 82.0 Å². The van der Waals surface area contributed by atoms with Crippen molar-refractivity contribution in [1.82, 2.24) is 0 Å². The van der Waals surface area contributed by atoms with E-state index in [0.717, 1.165) is 13.1 Å². The van der Waals surface area contributed by atoms with Crippen LogP contribution < -0.4 is 4.90 Å². The van der Waals surface area contributed by atoms with E-state index >= 15 is 0 Å². The second-order valence-corrected chi connectivity index (χ2v) is 3.32. The summed E-state index contributed by atoms with van der Waals surface area (Å²) in [5, 5.41) is 0. The molecule has 13 heavy (non-hydrogen) atoms. The summed E-state index contributed by atoms with van der Waals surface area (Å²) in [5.74, 6) is 2.10. The molecule has 0 bridgehead atoms. The van der Waals surface area contributed by atoms with Crippen LogP contribution in [0.25, 0.3) is 0 Å². The van der Waals surface area contributed by atoms with Crippen LogP contribution in [0.5, 0.6) is 0 Å². The first kappa shape index (κ1) is 10.3. The van der Waals surface area contributed by atoms with Crippen molar-refractivity contribution in [3.63, 3.8) is 0 Å². The van der Waals surface area contributed by atoms with Crippen LogP contribution >= 0.6 is 0 Å².